The molecule has 5 nitrogen and oxygen atoms in total. The Balaban J connectivity index is 1.53. The molecule has 1 saturated heterocycles. The van der Waals surface area contributed by atoms with E-state index >= 15 is 0 Å². The zero-order chi connectivity index (χ0) is 16.9. The normalized spacial score (nSPS) is 14.5. The Kier molecular flexibility index (Phi) is 5.76. The first-order valence-corrected chi connectivity index (χ1v) is 9.70. The summed E-state index contributed by atoms with van der Waals surface area (Å²) in [5.74, 6) is 0.625. The van der Waals surface area contributed by atoms with Gasteiger partial charge < -0.3 is 10.2 Å². The van der Waals surface area contributed by atoms with Crippen molar-refractivity contribution in [3.05, 3.63) is 45.9 Å². The van der Waals surface area contributed by atoms with Gasteiger partial charge in [-0.2, -0.15) is 0 Å². The molecular weight excluding hydrogens is 366 g/mol. The fourth-order valence-electron chi connectivity index (χ4n) is 2.33. The van der Waals surface area contributed by atoms with Crippen molar-refractivity contribution in [2.45, 2.75) is 16.5 Å². The Bertz CT molecular complexity index is 750. The summed E-state index contributed by atoms with van der Waals surface area (Å²) >= 11 is 9.14. The van der Waals surface area contributed by atoms with E-state index in [2.05, 4.69) is 10.3 Å². The molecule has 0 aliphatic carbocycles. The van der Waals surface area contributed by atoms with Crippen molar-refractivity contribution in [2.75, 3.05) is 19.6 Å². The first-order valence-electron chi connectivity index (χ1n) is 7.46. The van der Waals surface area contributed by atoms with Crippen LogP contribution in [0.2, 0.25) is 5.02 Å². The van der Waals surface area contributed by atoms with E-state index in [1.807, 2.05) is 29.6 Å². The third-order valence-electron chi connectivity index (χ3n) is 3.51. The summed E-state index contributed by atoms with van der Waals surface area (Å²) in [6.45, 7) is 1.22. The molecule has 8 heteroatoms. The molecule has 0 unspecified atom stereocenters. The highest BCUT2D eigenvalue weighted by atomic mass is 35.5. The van der Waals surface area contributed by atoms with Gasteiger partial charge in [0, 0.05) is 29.2 Å². The van der Waals surface area contributed by atoms with Crippen LogP contribution in [0.3, 0.4) is 0 Å². The van der Waals surface area contributed by atoms with Crippen LogP contribution in [0.15, 0.2) is 34.0 Å². The SMILES string of the molecule is O=C1CN(C(=O)Cc2csc(SCc3cccc(Cl)c3)n2)CCN1. The topological polar surface area (TPSA) is 62.3 Å². The number of carbonyl (C=O) groups excluding carboxylic acids is 2. The number of nitrogens with one attached hydrogen (secondary N) is 1. The highest BCUT2D eigenvalue weighted by Crippen LogP contribution is 2.27. The fourth-order valence-corrected chi connectivity index (χ4v) is 4.33. The van der Waals surface area contributed by atoms with Gasteiger partial charge in [0.1, 0.15) is 4.34 Å². The van der Waals surface area contributed by atoms with Gasteiger partial charge in [0.25, 0.3) is 0 Å². The van der Waals surface area contributed by atoms with Crippen LogP contribution in [0.1, 0.15) is 11.3 Å². The van der Waals surface area contributed by atoms with E-state index in [9.17, 15) is 9.59 Å². The number of hydrogen-bond donors (Lipinski definition) is 1. The summed E-state index contributed by atoms with van der Waals surface area (Å²) in [7, 11) is 0. The molecule has 0 atom stereocenters. The Morgan fingerprint density at radius 3 is 3.12 bits per heavy atom. The maximum Gasteiger partial charge on any atom is 0.239 e. The van der Waals surface area contributed by atoms with Gasteiger partial charge in [-0.1, -0.05) is 35.5 Å². The van der Waals surface area contributed by atoms with Crippen LogP contribution < -0.4 is 5.32 Å². The third kappa shape index (κ3) is 4.72. The Morgan fingerprint density at radius 1 is 1.46 bits per heavy atom. The molecule has 0 spiro atoms. The molecule has 1 N–H and O–H groups in total. The highest BCUT2D eigenvalue weighted by Gasteiger charge is 2.21. The van der Waals surface area contributed by atoms with Crippen LogP contribution >= 0.6 is 34.7 Å². The van der Waals surface area contributed by atoms with E-state index in [-0.39, 0.29) is 24.8 Å². The van der Waals surface area contributed by atoms with Crippen LogP contribution in [0.25, 0.3) is 0 Å². The van der Waals surface area contributed by atoms with Crippen LogP contribution in [0.5, 0.6) is 0 Å². The van der Waals surface area contributed by atoms with E-state index < -0.39 is 0 Å². The second kappa shape index (κ2) is 8.00. The number of aromatic nitrogens is 1. The molecule has 1 fully saturated rings. The smallest absolute Gasteiger partial charge is 0.239 e. The van der Waals surface area contributed by atoms with Crippen LogP contribution in [0.4, 0.5) is 0 Å². The molecule has 1 aliphatic rings. The fraction of sp³-hybridized carbons (Fsp3) is 0.312. The molecule has 24 heavy (non-hydrogen) atoms. The lowest BCUT2D eigenvalue weighted by molar-refractivity contribution is -0.137. The van der Waals surface area contributed by atoms with Gasteiger partial charge >= 0.3 is 0 Å². The van der Waals surface area contributed by atoms with Gasteiger partial charge in [0.05, 0.1) is 18.7 Å². The van der Waals surface area contributed by atoms with Crippen molar-refractivity contribution in [2.24, 2.45) is 0 Å². The van der Waals surface area contributed by atoms with Gasteiger partial charge in [0.15, 0.2) is 0 Å². The van der Waals surface area contributed by atoms with E-state index in [1.165, 1.54) is 11.3 Å². The number of hydrogen-bond acceptors (Lipinski definition) is 5. The monoisotopic (exact) mass is 381 g/mol. The largest absolute Gasteiger partial charge is 0.353 e. The van der Waals surface area contributed by atoms with E-state index in [4.69, 9.17) is 11.6 Å². The van der Waals surface area contributed by atoms with Gasteiger partial charge in [0.2, 0.25) is 11.8 Å². The number of halogens is 1. The quantitative estimate of drug-likeness (QED) is 0.808. The average Bonchev–Trinajstić information content (AvgIpc) is 3.00. The highest BCUT2D eigenvalue weighted by molar-refractivity contribution is 8.00. The van der Waals surface area contributed by atoms with Crippen molar-refractivity contribution in [3.63, 3.8) is 0 Å². The molecule has 0 radical (unpaired) electrons. The minimum Gasteiger partial charge on any atom is -0.353 e. The molecule has 1 aromatic heterocycles. The Labute approximate surface area is 153 Å². The van der Waals surface area contributed by atoms with Crippen LogP contribution in [0, 0.1) is 0 Å². The molecule has 2 amide bonds. The summed E-state index contributed by atoms with van der Waals surface area (Å²) in [5, 5.41) is 5.34. The lowest BCUT2D eigenvalue weighted by atomic mass is 10.2. The molecule has 3 rings (SSSR count). The summed E-state index contributed by atoms with van der Waals surface area (Å²) in [4.78, 5) is 29.7. The lowest BCUT2D eigenvalue weighted by Crippen LogP contribution is -2.50. The maximum absolute atomic E-state index is 12.2. The molecule has 0 bridgehead atoms. The summed E-state index contributed by atoms with van der Waals surface area (Å²) in [6.07, 6.45) is 0.238. The molecule has 0 saturated carbocycles. The van der Waals surface area contributed by atoms with Crippen molar-refractivity contribution in [3.8, 4) is 0 Å². The van der Waals surface area contributed by atoms with Crippen molar-refractivity contribution in [1.82, 2.24) is 15.2 Å². The third-order valence-corrected chi connectivity index (χ3v) is 5.88. The second-order valence-corrected chi connectivity index (χ2v) is 7.88. The van der Waals surface area contributed by atoms with E-state index in [0.717, 1.165) is 26.4 Å². The average molecular weight is 382 g/mol. The Morgan fingerprint density at radius 2 is 2.33 bits per heavy atom. The zero-order valence-electron chi connectivity index (χ0n) is 12.8. The predicted octanol–water partition coefficient (Wildman–Crippen LogP) is 2.59. The summed E-state index contributed by atoms with van der Waals surface area (Å²) < 4.78 is 0.925. The lowest BCUT2D eigenvalue weighted by Gasteiger charge is -2.26. The van der Waals surface area contributed by atoms with Gasteiger partial charge in [-0.3, -0.25) is 9.59 Å². The number of nitrogens with zero attached hydrogens (tertiary/aromatic N) is 2. The van der Waals surface area contributed by atoms with Crippen molar-refractivity contribution >= 4 is 46.5 Å². The minimum absolute atomic E-state index is 0.0541. The van der Waals surface area contributed by atoms with E-state index in [0.29, 0.717) is 13.1 Å². The van der Waals surface area contributed by atoms with E-state index in [1.54, 1.807) is 16.7 Å². The van der Waals surface area contributed by atoms with Gasteiger partial charge in [-0.25, -0.2) is 4.98 Å². The van der Waals surface area contributed by atoms with Crippen LogP contribution in [-0.4, -0.2) is 41.3 Å². The summed E-state index contributed by atoms with van der Waals surface area (Å²) in [6, 6.07) is 7.74. The molecule has 1 aliphatic heterocycles. The number of amides is 2. The first-order chi connectivity index (χ1) is 11.6. The van der Waals surface area contributed by atoms with Crippen molar-refractivity contribution in [1.29, 1.82) is 0 Å². The molecule has 2 aromatic rings. The van der Waals surface area contributed by atoms with Gasteiger partial charge in [-0.15, -0.1) is 11.3 Å². The number of carbonyl (C=O) groups is 2. The predicted molar refractivity (Wildman–Crippen MR) is 96.4 cm³/mol. The van der Waals surface area contributed by atoms with Gasteiger partial charge in [-0.05, 0) is 17.7 Å². The zero-order valence-corrected chi connectivity index (χ0v) is 15.2. The van der Waals surface area contributed by atoms with Crippen LogP contribution in [-0.2, 0) is 21.8 Å². The van der Waals surface area contributed by atoms with Crippen molar-refractivity contribution < 1.29 is 9.59 Å². The standard InChI is InChI=1S/C16H16ClN3O2S2/c17-12-3-1-2-11(6-12)9-23-16-19-13(10-24-16)7-15(22)20-5-4-18-14(21)8-20/h1-3,6,10H,4-5,7-9H2,(H,18,21). The summed E-state index contributed by atoms with van der Waals surface area (Å²) in [5.41, 5.74) is 1.89. The first kappa shape index (κ1) is 17.3. The maximum atomic E-state index is 12.2. The number of thioether (sulfide) groups is 1. The molecule has 2 heterocycles. The number of rotatable bonds is 5. The molecule has 126 valence electrons. The molecule has 1 aromatic carbocycles. The molecular formula is C16H16ClN3O2S2. The Hall–Kier alpha value is -1.57. The minimum atomic E-state index is -0.106. The number of benzene rings is 1. The second-order valence-electron chi connectivity index (χ2n) is 5.37. The number of thiazole rings is 1. The number of piperazine rings is 1.